The molecule has 2 saturated carbocycles. The van der Waals surface area contributed by atoms with Crippen LogP contribution < -0.4 is 0 Å². The van der Waals surface area contributed by atoms with Crippen molar-refractivity contribution in [1.82, 2.24) is 0 Å². The Morgan fingerprint density at radius 3 is 2.67 bits per heavy atom. The third-order valence-corrected chi connectivity index (χ3v) is 7.70. The zero-order valence-electron chi connectivity index (χ0n) is 9.49. The third-order valence-electron chi connectivity index (χ3n) is 4.62. The Morgan fingerprint density at radius 2 is 1.80 bits per heavy atom. The van der Waals surface area contributed by atoms with Crippen LogP contribution in [-0.2, 0) is 0 Å². The van der Waals surface area contributed by atoms with Crippen LogP contribution in [-0.4, -0.2) is 16.1 Å². The molecule has 0 spiro atoms. The average molecular weight is 242 g/mol. The van der Waals surface area contributed by atoms with E-state index in [1.165, 1.54) is 24.3 Å². The van der Waals surface area contributed by atoms with Gasteiger partial charge in [0, 0.05) is 11.5 Å². The van der Waals surface area contributed by atoms with E-state index in [-0.39, 0.29) is 0 Å². The number of hydrogen-bond acceptors (Lipinski definition) is 2. The Balaban J connectivity index is 1.56. The fourth-order valence-corrected chi connectivity index (χ4v) is 6.83. The molecular weight excluding hydrogens is 220 g/mol. The molecule has 3 atom stereocenters. The van der Waals surface area contributed by atoms with E-state index in [4.69, 9.17) is 0 Å². The molecule has 2 aliphatic carbocycles. The average Bonchev–Trinajstić information content (AvgIpc) is 2.76. The molecule has 1 heterocycles. The molecule has 0 aromatic heterocycles. The molecule has 1 aliphatic heterocycles. The zero-order chi connectivity index (χ0) is 10.1. The smallest absolute Gasteiger partial charge is 0.0505 e. The number of hydrogen-bond donors (Lipinski definition) is 0. The summed E-state index contributed by atoms with van der Waals surface area (Å²) < 4.78 is 0.966. The predicted molar refractivity (Wildman–Crippen MR) is 71.5 cm³/mol. The SMILES string of the molecule is C1CC2CCC(CC3SCCS3)C(C1)C2. The van der Waals surface area contributed by atoms with Crippen molar-refractivity contribution in [2.24, 2.45) is 17.8 Å². The maximum absolute atomic E-state index is 2.23. The molecule has 0 nitrogen and oxygen atoms in total. The molecule has 0 N–H and O–H groups in total. The molecule has 15 heavy (non-hydrogen) atoms. The van der Waals surface area contributed by atoms with Gasteiger partial charge in [-0.2, -0.15) is 0 Å². The van der Waals surface area contributed by atoms with E-state index < -0.39 is 0 Å². The van der Waals surface area contributed by atoms with Crippen LogP contribution >= 0.6 is 23.5 Å². The molecule has 1 saturated heterocycles. The molecule has 0 radical (unpaired) electrons. The highest BCUT2D eigenvalue weighted by atomic mass is 32.2. The van der Waals surface area contributed by atoms with Gasteiger partial charge in [-0.1, -0.05) is 25.7 Å². The van der Waals surface area contributed by atoms with Gasteiger partial charge in [0.05, 0.1) is 4.58 Å². The summed E-state index contributed by atoms with van der Waals surface area (Å²) in [6.45, 7) is 0. The Labute approximate surface area is 102 Å². The lowest BCUT2D eigenvalue weighted by Crippen LogP contribution is -2.29. The summed E-state index contributed by atoms with van der Waals surface area (Å²) in [5.41, 5.74) is 0. The van der Waals surface area contributed by atoms with Gasteiger partial charge in [0.25, 0.3) is 0 Å². The van der Waals surface area contributed by atoms with Gasteiger partial charge >= 0.3 is 0 Å². The Kier molecular flexibility index (Phi) is 3.55. The molecule has 0 aromatic carbocycles. The van der Waals surface area contributed by atoms with E-state index >= 15 is 0 Å². The summed E-state index contributed by atoms with van der Waals surface area (Å²) in [7, 11) is 0. The van der Waals surface area contributed by atoms with E-state index in [9.17, 15) is 0 Å². The van der Waals surface area contributed by atoms with Crippen LogP contribution in [0.2, 0.25) is 0 Å². The first-order valence-corrected chi connectivity index (χ1v) is 8.75. The van der Waals surface area contributed by atoms with Gasteiger partial charge in [0.1, 0.15) is 0 Å². The second-order valence-electron chi connectivity index (χ2n) is 5.54. The van der Waals surface area contributed by atoms with Gasteiger partial charge in [0.2, 0.25) is 0 Å². The minimum atomic E-state index is 0.966. The first kappa shape index (κ1) is 10.8. The summed E-state index contributed by atoms with van der Waals surface area (Å²) >= 11 is 4.46. The van der Waals surface area contributed by atoms with E-state index in [1.807, 2.05) is 0 Å². The number of rotatable bonds is 2. The summed E-state index contributed by atoms with van der Waals surface area (Å²) in [6, 6.07) is 0. The summed E-state index contributed by atoms with van der Waals surface area (Å²) in [6.07, 6.45) is 10.9. The largest absolute Gasteiger partial charge is 0.147 e. The molecule has 2 heteroatoms. The standard InChI is InChI=1S/C13H22S2/c1-2-10-4-5-12(11(3-1)8-10)9-13-14-6-7-15-13/h10-13H,1-9H2. The molecule has 3 unspecified atom stereocenters. The van der Waals surface area contributed by atoms with Crippen molar-refractivity contribution in [1.29, 1.82) is 0 Å². The van der Waals surface area contributed by atoms with Crippen molar-refractivity contribution in [2.45, 2.75) is 49.5 Å². The fraction of sp³-hybridized carbons (Fsp3) is 1.00. The highest BCUT2D eigenvalue weighted by Gasteiger charge is 2.35. The second kappa shape index (κ2) is 4.91. The second-order valence-corrected chi connectivity index (χ2v) is 8.46. The van der Waals surface area contributed by atoms with Gasteiger partial charge in [-0.15, -0.1) is 23.5 Å². The first-order valence-electron chi connectivity index (χ1n) is 6.65. The van der Waals surface area contributed by atoms with Crippen LogP contribution in [0.1, 0.15) is 44.9 Å². The quantitative estimate of drug-likeness (QED) is 0.704. The Morgan fingerprint density at radius 1 is 0.933 bits per heavy atom. The zero-order valence-corrected chi connectivity index (χ0v) is 11.1. The lowest BCUT2D eigenvalue weighted by atomic mass is 9.66. The van der Waals surface area contributed by atoms with E-state index in [1.54, 1.807) is 32.1 Å². The maximum atomic E-state index is 2.23. The topological polar surface area (TPSA) is 0 Å². The highest BCUT2D eigenvalue weighted by Crippen LogP contribution is 2.47. The summed E-state index contributed by atoms with van der Waals surface area (Å²) in [5, 5.41) is 0. The maximum Gasteiger partial charge on any atom is 0.0505 e. The van der Waals surface area contributed by atoms with Gasteiger partial charge in [-0.05, 0) is 37.0 Å². The van der Waals surface area contributed by atoms with Crippen LogP contribution in [0, 0.1) is 17.8 Å². The lowest BCUT2D eigenvalue weighted by Gasteiger charge is -2.41. The molecule has 2 bridgehead atoms. The van der Waals surface area contributed by atoms with Crippen LogP contribution in [0.15, 0.2) is 0 Å². The van der Waals surface area contributed by atoms with Crippen LogP contribution in [0.25, 0.3) is 0 Å². The monoisotopic (exact) mass is 242 g/mol. The normalized spacial score (nSPS) is 42.0. The minimum Gasteiger partial charge on any atom is -0.147 e. The molecule has 3 fully saturated rings. The van der Waals surface area contributed by atoms with Gasteiger partial charge in [-0.25, -0.2) is 0 Å². The van der Waals surface area contributed by atoms with Crippen molar-refractivity contribution < 1.29 is 0 Å². The summed E-state index contributed by atoms with van der Waals surface area (Å²) in [4.78, 5) is 0. The third kappa shape index (κ3) is 2.52. The van der Waals surface area contributed by atoms with Crippen molar-refractivity contribution >= 4 is 23.5 Å². The van der Waals surface area contributed by atoms with Crippen LogP contribution in [0.5, 0.6) is 0 Å². The molecule has 0 aromatic rings. The van der Waals surface area contributed by atoms with Crippen molar-refractivity contribution in [3.05, 3.63) is 0 Å². The van der Waals surface area contributed by atoms with E-state index in [0.29, 0.717) is 0 Å². The lowest BCUT2D eigenvalue weighted by molar-refractivity contribution is 0.119. The van der Waals surface area contributed by atoms with Crippen molar-refractivity contribution in [2.75, 3.05) is 11.5 Å². The Bertz CT molecular complexity index is 211. The molecule has 0 amide bonds. The first-order chi connectivity index (χ1) is 7.42. The number of thioether (sulfide) groups is 2. The minimum absolute atomic E-state index is 0.966. The van der Waals surface area contributed by atoms with Gasteiger partial charge < -0.3 is 0 Å². The summed E-state index contributed by atoms with van der Waals surface area (Å²) in [5.74, 6) is 6.18. The van der Waals surface area contributed by atoms with Crippen LogP contribution in [0.4, 0.5) is 0 Å². The number of fused-ring (bicyclic) bond motifs is 2. The van der Waals surface area contributed by atoms with Crippen LogP contribution in [0.3, 0.4) is 0 Å². The highest BCUT2D eigenvalue weighted by molar-refractivity contribution is 8.20. The predicted octanol–water partition coefficient (Wildman–Crippen LogP) is 4.40. The van der Waals surface area contributed by atoms with E-state index in [0.717, 1.165) is 22.3 Å². The van der Waals surface area contributed by atoms with Gasteiger partial charge in [0.15, 0.2) is 0 Å². The fourth-order valence-electron chi connectivity index (χ4n) is 3.81. The Hall–Kier alpha value is 0.700. The van der Waals surface area contributed by atoms with Crippen molar-refractivity contribution in [3.8, 4) is 0 Å². The molecular formula is C13H22S2. The molecule has 86 valence electrons. The molecule has 3 aliphatic rings. The van der Waals surface area contributed by atoms with Gasteiger partial charge in [-0.3, -0.25) is 0 Å². The van der Waals surface area contributed by atoms with Crippen molar-refractivity contribution in [3.63, 3.8) is 0 Å². The molecule has 3 rings (SSSR count). The van der Waals surface area contributed by atoms with E-state index in [2.05, 4.69) is 23.5 Å².